The van der Waals surface area contributed by atoms with Crippen LogP contribution in [0.5, 0.6) is 5.75 Å². The van der Waals surface area contributed by atoms with Crippen LogP contribution in [0.1, 0.15) is 5.56 Å². The number of hydrogen-bond acceptors (Lipinski definition) is 4. The van der Waals surface area contributed by atoms with E-state index in [1.807, 2.05) is 18.2 Å². The van der Waals surface area contributed by atoms with Gasteiger partial charge in [0.1, 0.15) is 12.4 Å². The fraction of sp³-hybridized carbons (Fsp3) is 0.0769. The van der Waals surface area contributed by atoms with E-state index in [1.54, 1.807) is 18.2 Å². The van der Waals surface area contributed by atoms with Gasteiger partial charge in [-0.2, -0.15) is 0 Å². The fourth-order valence-electron chi connectivity index (χ4n) is 1.44. The molecule has 1 aromatic rings. The summed E-state index contributed by atoms with van der Waals surface area (Å²) in [6.45, 7) is 3.98. The molecule has 1 N–H and O–H groups in total. The molecule has 1 heterocycles. The first-order valence-electron chi connectivity index (χ1n) is 5.28. The smallest absolute Gasteiger partial charge is 0.294 e. The van der Waals surface area contributed by atoms with Gasteiger partial charge in [0.15, 0.2) is 5.76 Å². The maximum absolute atomic E-state index is 11.5. The second-order valence-corrected chi connectivity index (χ2v) is 3.86. The molecule has 1 aliphatic heterocycles. The molecule has 0 spiro atoms. The number of benzene rings is 1. The van der Waals surface area contributed by atoms with Gasteiger partial charge in [-0.15, -0.1) is 0 Å². The SMILES string of the molecule is C=CCOc1ccccc1C=C1OC(=S)NC1=O. The van der Waals surface area contributed by atoms with Gasteiger partial charge >= 0.3 is 0 Å². The van der Waals surface area contributed by atoms with Crippen molar-refractivity contribution in [2.45, 2.75) is 0 Å². The average molecular weight is 261 g/mol. The van der Waals surface area contributed by atoms with Crippen LogP contribution >= 0.6 is 12.2 Å². The Balaban J connectivity index is 2.28. The monoisotopic (exact) mass is 261 g/mol. The largest absolute Gasteiger partial charge is 0.489 e. The van der Waals surface area contributed by atoms with Crippen molar-refractivity contribution in [2.75, 3.05) is 6.61 Å². The van der Waals surface area contributed by atoms with Crippen LogP contribution < -0.4 is 10.1 Å². The first kappa shape index (κ1) is 12.3. The Morgan fingerprint density at radius 3 is 2.89 bits per heavy atom. The van der Waals surface area contributed by atoms with Crippen molar-refractivity contribution in [2.24, 2.45) is 0 Å². The molecule has 0 atom stereocenters. The second-order valence-electron chi connectivity index (χ2n) is 3.49. The van der Waals surface area contributed by atoms with Gasteiger partial charge in [-0.3, -0.25) is 10.1 Å². The van der Waals surface area contributed by atoms with Crippen molar-refractivity contribution < 1.29 is 14.3 Å². The zero-order valence-corrected chi connectivity index (χ0v) is 10.3. The number of carbonyl (C=O) groups is 1. The number of para-hydroxylation sites is 1. The average Bonchev–Trinajstić information content (AvgIpc) is 2.67. The van der Waals surface area contributed by atoms with E-state index in [0.29, 0.717) is 12.4 Å². The molecule has 2 rings (SSSR count). The van der Waals surface area contributed by atoms with Crippen molar-refractivity contribution in [1.82, 2.24) is 5.32 Å². The standard InChI is InChI=1S/C13H11NO3S/c1-2-7-16-10-6-4-3-5-9(10)8-11-12(15)14-13(18)17-11/h2-6,8H,1,7H2,(H,14,15,18). The molecule has 4 nitrogen and oxygen atoms in total. The molecule has 0 saturated carbocycles. The van der Waals surface area contributed by atoms with Gasteiger partial charge in [-0.1, -0.05) is 30.9 Å². The summed E-state index contributed by atoms with van der Waals surface area (Å²) in [4.78, 5) is 11.5. The predicted molar refractivity (Wildman–Crippen MR) is 71.9 cm³/mol. The van der Waals surface area contributed by atoms with E-state index in [0.717, 1.165) is 5.56 Å². The third-order valence-electron chi connectivity index (χ3n) is 2.20. The summed E-state index contributed by atoms with van der Waals surface area (Å²) in [7, 11) is 0. The Morgan fingerprint density at radius 1 is 1.44 bits per heavy atom. The normalized spacial score (nSPS) is 16.3. The molecule has 0 bridgehead atoms. The molecule has 0 unspecified atom stereocenters. The highest BCUT2D eigenvalue weighted by atomic mass is 32.1. The van der Waals surface area contributed by atoms with E-state index in [9.17, 15) is 4.79 Å². The number of nitrogens with one attached hydrogen (secondary N) is 1. The molecular formula is C13H11NO3S. The van der Waals surface area contributed by atoms with Gasteiger partial charge in [-0.25, -0.2) is 0 Å². The summed E-state index contributed by atoms with van der Waals surface area (Å²) in [5.41, 5.74) is 0.745. The van der Waals surface area contributed by atoms with Gasteiger partial charge in [0.2, 0.25) is 0 Å². The van der Waals surface area contributed by atoms with E-state index in [2.05, 4.69) is 11.9 Å². The van der Waals surface area contributed by atoms with Crippen LogP contribution in [0.4, 0.5) is 0 Å². The lowest BCUT2D eigenvalue weighted by Crippen LogP contribution is -2.18. The van der Waals surface area contributed by atoms with Crippen molar-refractivity contribution in [3.63, 3.8) is 0 Å². The van der Waals surface area contributed by atoms with Crippen LogP contribution in [0, 0.1) is 0 Å². The lowest BCUT2D eigenvalue weighted by Gasteiger charge is -2.06. The van der Waals surface area contributed by atoms with Crippen molar-refractivity contribution in [3.05, 3.63) is 48.2 Å². The Kier molecular flexibility index (Phi) is 3.74. The molecule has 18 heavy (non-hydrogen) atoms. The van der Waals surface area contributed by atoms with Crippen LogP contribution in [0.15, 0.2) is 42.7 Å². The Labute approximate surface area is 110 Å². The zero-order chi connectivity index (χ0) is 13.0. The summed E-state index contributed by atoms with van der Waals surface area (Å²) in [6, 6.07) is 7.32. The first-order chi connectivity index (χ1) is 8.70. The molecule has 1 saturated heterocycles. The molecule has 1 aliphatic rings. The molecular weight excluding hydrogens is 250 g/mol. The van der Waals surface area contributed by atoms with Gasteiger partial charge in [0.05, 0.1) is 0 Å². The van der Waals surface area contributed by atoms with E-state index >= 15 is 0 Å². The van der Waals surface area contributed by atoms with Crippen LogP contribution in [0.2, 0.25) is 0 Å². The molecule has 0 aliphatic carbocycles. The Bertz CT molecular complexity index is 537. The van der Waals surface area contributed by atoms with Gasteiger partial charge in [0, 0.05) is 5.56 Å². The van der Waals surface area contributed by atoms with Gasteiger partial charge in [0.25, 0.3) is 11.1 Å². The number of thiocarbonyl (C=S) groups is 1. The van der Waals surface area contributed by atoms with Gasteiger partial charge < -0.3 is 9.47 Å². The highest BCUT2D eigenvalue weighted by Crippen LogP contribution is 2.22. The Morgan fingerprint density at radius 2 is 2.22 bits per heavy atom. The summed E-state index contributed by atoms with van der Waals surface area (Å²) < 4.78 is 10.6. The topological polar surface area (TPSA) is 47.6 Å². The van der Waals surface area contributed by atoms with E-state index < -0.39 is 0 Å². The van der Waals surface area contributed by atoms with E-state index in [4.69, 9.17) is 21.7 Å². The lowest BCUT2D eigenvalue weighted by atomic mass is 10.2. The first-order valence-corrected chi connectivity index (χ1v) is 5.69. The molecule has 0 radical (unpaired) electrons. The minimum absolute atomic E-state index is 0.0655. The number of amides is 1. The van der Waals surface area contributed by atoms with Crippen LogP contribution in [0.3, 0.4) is 0 Å². The summed E-state index contributed by atoms with van der Waals surface area (Å²) in [5.74, 6) is 0.465. The van der Waals surface area contributed by atoms with Crippen LogP contribution in [-0.4, -0.2) is 17.7 Å². The number of ether oxygens (including phenoxy) is 2. The summed E-state index contributed by atoms with van der Waals surface area (Å²) in [5, 5.41) is 2.46. The van der Waals surface area contributed by atoms with Crippen molar-refractivity contribution in [3.8, 4) is 5.75 Å². The lowest BCUT2D eigenvalue weighted by molar-refractivity contribution is -0.116. The number of hydrogen-bond donors (Lipinski definition) is 1. The molecule has 92 valence electrons. The molecule has 1 fully saturated rings. The fourth-order valence-corrected chi connectivity index (χ4v) is 1.62. The minimum atomic E-state index is -0.349. The maximum atomic E-state index is 11.5. The quantitative estimate of drug-likeness (QED) is 0.512. The molecule has 1 aromatic carbocycles. The minimum Gasteiger partial charge on any atom is -0.489 e. The van der Waals surface area contributed by atoms with E-state index in [1.165, 1.54) is 0 Å². The zero-order valence-electron chi connectivity index (χ0n) is 9.51. The number of rotatable bonds is 4. The highest BCUT2D eigenvalue weighted by molar-refractivity contribution is 7.80. The number of carbonyl (C=O) groups excluding carboxylic acids is 1. The Hall–Kier alpha value is -2.14. The molecule has 1 amide bonds. The summed E-state index contributed by atoms with van der Waals surface area (Å²) >= 11 is 4.75. The van der Waals surface area contributed by atoms with Crippen molar-refractivity contribution in [1.29, 1.82) is 0 Å². The molecule has 0 aromatic heterocycles. The maximum Gasteiger partial charge on any atom is 0.294 e. The third-order valence-corrected chi connectivity index (χ3v) is 2.39. The molecule has 5 heteroatoms. The predicted octanol–water partition coefficient (Wildman–Crippen LogP) is 2.02. The van der Waals surface area contributed by atoms with Gasteiger partial charge in [-0.05, 0) is 24.4 Å². The van der Waals surface area contributed by atoms with E-state index in [-0.39, 0.29) is 16.8 Å². The van der Waals surface area contributed by atoms with Crippen LogP contribution in [0.25, 0.3) is 6.08 Å². The van der Waals surface area contributed by atoms with Crippen LogP contribution in [-0.2, 0) is 9.53 Å². The highest BCUT2D eigenvalue weighted by Gasteiger charge is 2.23. The van der Waals surface area contributed by atoms with Crippen molar-refractivity contribution >= 4 is 29.4 Å². The second kappa shape index (κ2) is 5.46. The summed E-state index contributed by atoms with van der Waals surface area (Å²) in [6.07, 6.45) is 3.24. The third kappa shape index (κ3) is 2.75.